The van der Waals surface area contributed by atoms with Crippen LogP contribution in [-0.2, 0) is 4.79 Å². The standard InChI is InChI=1S/C19H24N4O2/c1-13(2)25-19-18(20-9-10-21-19)22-12-15-11-16(24)23(3)17(15)14-7-5-4-6-8-14/h4-10,13,15,17H,11-12H2,1-3H3,(H,20,22). The first-order valence-electron chi connectivity index (χ1n) is 8.58. The quantitative estimate of drug-likeness (QED) is 0.876. The number of aromatic nitrogens is 2. The van der Waals surface area contributed by atoms with Crippen molar-refractivity contribution in [2.45, 2.75) is 32.4 Å². The third kappa shape index (κ3) is 3.90. The van der Waals surface area contributed by atoms with Crippen molar-refractivity contribution in [3.05, 3.63) is 48.3 Å². The molecular formula is C19H24N4O2. The predicted molar refractivity (Wildman–Crippen MR) is 96.3 cm³/mol. The van der Waals surface area contributed by atoms with Gasteiger partial charge in [-0.1, -0.05) is 30.3 Å². The lowest BCUT2D eigenvalue weighted by molar-refractivity contribution is -0.127. The maximum absolute atomic E-state index is 12.2. The SMILES string of the molecule is CC(C)Oc1nccnc1NCC1CC(=O)N(C)C1c1ccccc1. The number of anilines is 1. The van der Waals surface area contributed by atoms with E-state index in [2.05, 4.69) is 27.4 Å². The highest BCUT2D eigenvalue weighted by Gasteiger charge is 2.38. The second-order valence-electron chi connectivity index (χ2n) is 6.58. The minimum atomic E-state index is 0.0218. The normalized spacial score (nSPS) is 20.2. The van der Waals surface area contributed by atoms with Crippen LogP contribution in [0, 0.1) is 5.92 Å². The molecular weight excluding hydrogens is 316 g/mol. The molecule has 3 rings (SSSR count). The number of nitrogens with one attached hydrogen (secondary N) is 1. The minimum Gasteiger partial charge on any atom is -0.472 e. The van der Waals surface area contributed by atoms with E-state index in [1.165, 1.54) is 0 Å². The fourth-order valence-corrected chi connectivity index (χ4v) is 3.26. The first-order chi connectivity index (χ1) is 12.1. The third-order valence-corrected chi connectivity index (χ3v) is 4.38. The van der Waals surface area contributed by atoms with Gasteiger partial charge in [-0.3, -0.25) is 4.79 Å². The Hall–Kier alpha value is -2.63. The van der Waals surface area contributed by atoms with Gasteiger partial charge in [0, 0.05) is 38.3 Å². The van der Waals surface area contributed by atoms with Crippen LogP contribution in [0.1, 0.15) is 31.9 Å². The molecule has 2 aromatic rings. The molecule has 2 unspecified atom stereocenters. The fraction of sp³-hybridized carbons (Fsp3) is 0.421. The van der Waals surface area contributed by atoms with Gasteiger partial charge in [-0.05, 0) is 19.4 Å². The van der Waals surface area contributed by atoms with Crippen LogP contribution in [-0.4, -0.2) is 40.5 Å². The van der Waals surface area contributed by atoms with Crippen molar-refractivity contribution < 1.29 is 9.53 Å². The summed E-state index contributed by atoms with van der Waals surface area (Å²) >= 11 is 0. The average molecular weight is 340 g/mol. The fourth-order valence-electron chi connectivity index (χ4n) is 3.26. The Bertz CT molecular complexity index is 720. The number of benzene rings is 1. The Balaban J connectivity index is 1.75. The Morgan fingerprint density at radius 2 is 1.96 bits per heavy atom. The van der Waals surface area contributed by atoms with Crippen molar-refractivity contribution in [3.63, 3.8) is 0 Å². The maximum atomic E-state index is 12.2. The van der Waals surface area contributed by atoms with Crippen LogP contribution in [0.25, 0.3) is 0 Å². The predicted octanol–water partition coefficient (Wildman–Crippen LogP) is 2.90. The van der Waals surface area contributed by atoms with Gasteiger partial charge in [-0.25, -0.2) is 9.97 Å². The molecule has 6 heteroatoms. The molecule has 1 aliphatic rings. The van der Waals surface area contributed by atoms with Crippen LogP contribution < -0.4 is 10.1 Å². The summed E-state index contributed by atoms with van der Waals surface area (Å²) in [7, 11) is 1.87. The average Bonchev–Trinajstić information content (AvgIpc) is 2.89. The molecule has 25 heavy (non-hydrogen) atoms. The lowest BCUT2D eigenvalue weighted by atomic mass is 9.93. The summed E-state index contributed by atoms with van der Waals surface area (Å²) in [6.07, 6.45) is 3.79. The number of ether oxygens (including phenoxy) is 1. The minimum absolute atomic E-state index is 0.0218. The van der Waals surface area contributed by atoms with Crippen LogP contribution in [0.15, 0.2) is 42.7 Å². The lowest BCUT2D eigenvalue weighted by Gasteiger charge is -2.26. The van der Waals surface area contributed by atoms with E-state index in [4.69, 9.17) is 4.74 Å². The summed E-state index contributed by atoms with van der Waals surface area (Å²) in [5.74, 6) is 1.43. The van der Waals surface area contributed by atoms with Crippen molar-refractivity contribution >= 4 is 11.7 Å². The van der Waals surface area contributed by atoms with Crippen LogP contribution in [0.3, 0.4) is 0 Å². The molecule has 1 saturated heterocycles. The number of amides is 1. The second kappa shape index (κ2) is 7.51. The van der Waals surface area contributed by atoms with E-state index < -0.39 is 0 Å². The van der Waals surface area contributed by atoms with Gasteiger partial charge in [-0.15, -0.1) is 0 Å². The Morgan fingerprint density at radius 3 is 2.68 bits per heavy atom. The monoisotopic (exact) mass is 340 g/mol. The molecule has 1 aliphatic heterocycles. The first kappa shape index (κ1) is 17.2. The van der Waals surface area contributed by atoms with E-state index >= 15 is 0 Å². The zero-order chi connectivity index (χ0) is 17.8. The Kier molecular flexibility index (Phi) is 5.16. The van der Waals surface area contributed by atoms with Crippen molar-refractivity contribution in [2.75, 3.05) is 18.9 Å². The molecule has 1 amide bonds. The third-order valence-electron chi connectivity index (χ3n) is 4.38. The molecule has 1 fully saturated rings. The van der Waals surface area contributed by atoms with Gasteiger partial charge in [0.25, 0.3) is 5.88 Å². The van der Waals surface area contributed by atoms with Crippen LogP contribution in [0.2, 0.25) is 0 Å². The number of hydrogen-bond acceptors (Lipinski definition) is 5. The lowest BCUT2D eigenvalue weighted by Crippen LogP contribution is -2.26. The van der Waals surface area contributed by atoms with E-state index in [9.17, 15) is 4.79 Å². The molecule has 0 aliphatic carbocycles. The van der Waals surface area contributed by atoms with Gasteiger partial charge < -0.3 is 15.0 Å². The number of carbonyl (C=O) groups excluding carboxylic acids is 1. The van der Waals surface area contributed by atoms with Gasteiger partial charge in [-0.2, -0.15) is 0 Å². The molecule has 2 atom stereocenters. The number of hydrogen-bond donors (Lipinski definition) is 1. The summed E-state index contributed by atoms with van der Waals surface area (Å²) < 4.78 is 5.70. The van der Waals surface area contributed by atoms with Crippen LogP contribution >= 0.6 is 0 Å². The van der Waals surface area contributed by atoms with E-state index in [-0.39, 0.29) is 24.0 Å². The largest absolute Gasteiger partial charge is 0.472 e. The summed E-state index contributed by atoms with van der Waals surface area (Å²) in [6.45, 7) is 4.53. The summed E-state index contributed by atoms with van der Waals surface area (Å²) in [5, 5.41) is 3.32. The molecule has 0 bridgehead atoms. The van der Waals surface area contributed by atoms with Crippen LogP contribution in [0.5, 0.6) is 5.88 Å². The Labute approximate surface area is 148 Å². The molecule has 0 radical (unpaired) electrons. The van der Waals surface area contributed by atoms with Gasteiger partial charge in [0.2, 0.25) is 5.91 Å². The molecule has 6 nitrogen and oxygen atoms in total. The van der Waals surface area contributed by atoms with Gasteiger partial charge >= 0.3 is 0 Å². The molecule has 0 saturated carbocycles. The first-order valence-corrected chi connectivity index (χ1v) is 8.58. The molecule has 1 aromatic carbocycles. The van der Waals surface area contributed by atoms with Gasteiger partial charge in [0.05, 0.1) is 12.1 Å². The zero-order valence-corrected chi connectivity index (χ0v) is 14.8. The number of carbonyl (C=O) groups is 1. The number of rotatable bonds is 6. The second-order valence-corrected chi connectivity index (χ2v) is 6.58. The van der Waals surface area contributed by atoms with Crippen LogP contribution in [0.4, 0.5) is 5.82 Å². The molecule has 1 aromatic heterocycles. The van der Waals surface area contributed by atoms with Crippen molar-refractivity contribution in [1.29, 1.82) is 0 Å². The highest BCUT2D eigenvalue weighted by Crippen LogP contribution is 2.37. The highest BCUT2D eigenvalue weighted by atomic mass is 16.5. The topological polar surface area (TPSA) is 67.4 Å². The van der Waals surface area contributed by atoms with Crippen molar-refractivity contribution in [2.24, 2.45) is 5.92 Å². The summed E-state index contributed by atoms with van der Waals surface area (Å²) in [5.41, 5.74) is 1.15. The Morgan fingerprint density at radius 1 is 1.24 bits per heavy atom. The number of nitrogens with zero attached hydrogens (tertiary/aromatic N) is 3. The van der Waals surface area contributed by atoms with E-state index in [0.717, 1.165) is 5.56 Å². The van der Waals surface area contributed by atoms with E-state index in [0.29, 0.717) is 24.7 Å². The van der Waals surface area contributed by atoms with E-state index in [1.807, 2.05) is 44.0 Å². The molecule has 2 heterocycles. The molecule has 1 N–H and O–H groups in total. The summed E-state index contributed by atoms with van der Waals surface area (Å²) in [4.78, 5) is 22.7. The van der Waals surface area contributed by atoms with E-state index in [1.54, 1.807) is 12.4 Å². The van der Waals surface area contributed by atoms with Gasteiger partial charge in [0.15, 0.2) is 5.82 Å². The zero-order valence-electron chi connectivity index (χ0n) is 14.8. The molecule has 0 spiro atoms. The van der Waals surface area contributed by atoms with Crippen molar-refractivity contribution in [3.8, 4) is 5.88 Å². The number of likely N-dealkylation sites (tertiary alicyclic amines) is 1. The van der Waals surface area contributed by atoms with Crippen molar-refractivity contribution in [1.82, 2.24) is 14.9 Å². The molecule has 132 valence electrons. The smallest absolute Gasteiger partial charge is 0.257 e. The summed E-state index contributed by atoms with van der Waals surface area (Å²) in [6, 6.07) is 10.2. The highest BCUT2D eigenvalue weighted by molar-refractivity contribution is 5.79. The van der Waals surface area contributed by atoms with Gasteiger partial charge in [0.1, 0.15) is 0 Å². The maximum Gasteiger partial charge on any atom is 0.257 e.